The number of quaternary nitrogens is 1. The Labute approximate surface area is 602 Å². The van der Waals surface area contributed by atoms with Crippen molar-refractivity contribution in [3.63, 3.8) is 0 Å². The number of carbonyl (C=O) groups excluding carboxylic acids is 6. The summed E-state index contributed by atoms with van der Waals surface area (Å²) >= 11 is 0. The van der Waals surface area contributed by atoms with E-state index in [9.17, 15) is 59.4 Å². The highest BCUT2D eigenvalue weighted by Crippen LogP contribution is 2.74. The Kier molecular flexibility index (Phi) is 34.5. The van der Waals surface area contributed by atoms with Crippen molar-refractivity contribution in [3.8, 4) is 0 Å². The Morgan fingerprint density at radius 3 is 1.37 bits per heavy atom. The van der Waals surface area contributed by atoms with E-state index in [1.165, 1.54) is 83.5 Å². The number of carbonyl (C=O) groups is 6. The van der Waals surface area contributed by atoms with Gasteiger partial charge in [0, 0.05) is 62.4 Å². The third-order valence-corrected chi connectivity index (χ3v) is 25.9. The highest BCUT2D eigenvalue weighted by molar-refractivity contribution is 7.09. The number of esters is 2. The summed E-state index contributed by atoms with van der Waals surface area (Å²) in [6, 6.07) is 0. The second-order valence-electron chi connectivity index (χ2n) is 33.8. The van der Waals surface area contributed by atoms with Crippen LogP contribution in [0.15, 0.2) is 47.6 Å². The first-order chi connectivity index (χ1) is 46.2. The normalized spacial score (nSPS) is 34.6. The summed E-state index contributed by atoms with van der Waals surface area (Å²) in [5.74, 6) is -1.84. The number of allylic oxidation sites excluding steroid dienone is 8. The minimum atomic E-state index is -1.72. The molecule has 100 heavy (non-hydrogen) atoms. The van der Waals surface area contributed by atoms with Crippen molar-refractivity contribution in [2.75, 3.05) is 67.3 Å². The predicted octanol–water partition coefficient (Wildman–Crippen LogP) is 11.3. The molecule has 8 aliphatic rings. The van der Waals surface area contributed by atoms with Crippen molar-refractivity contribution in [1.82, 2.24) is 0 Å². The Hall–Kier alpha value is -3.43. The molecule has 6 fully saturated rings. The number of Topliss-reactive ketones (excluding diaryl/α,β-unsaturated/α-hetero) is 2. The third-order valence-electron chi connectivity index (χ3n) is 25.7. The summed E-state index contributed by atoms with van der Waals surface area (Å²) in [5, 5.41) is 65.8. The highest BCUT2D eigenvalue weighted by Gasteiger charge is 2.74. The van der Waals surface area contributed by atoms with E-state index in [2.05, 4.69) is 79.1 Å². The zero-order chi connectivity index (χ0) is 72.5. The van der Waals surface area contributed by atoms with Gasteiger partial charge < -0.3 is 64.8 Å². The average Bonchev–Trinajstić information content (AvgIpc) is 1.35. The van der Waals surface area contributed by atoms with Crippen LogP contribution in [0.4, 0.5) is 0 Å². The van der Waals surface area contributed by atoms with Crippen molar-refractivity contribution in [2.45, 2.75) is 284 Å². The standard InChI is InChI=1S/C52H86O10.C23H32O5.C5H15NOP.2H2O/c1-6-7-8-9-10-11-12-13-14-15-16-17-18-22-25-32-60-37-41(36-53)62-47(58)27-24-21-19-20-23-26-46(57)61-38-45(56)52(59)31-29-44-50(4)34-39(2)42-33-40(54)28-30-49(42,3)48(50)43(55)35-51(44,52)5;1-13-10-21(3)17-6-8-23(28,18(27)12-24)22(17,4)11-16(26)19(21)20(2)7-5-14(25)9-15(13)20;1-6(2,3)4-5-7-8;;/h28,30,33,39,41,43-44,48,53,55,59H,6-27,29,31-32,34-38H2,1-5H3;5,7,9,13,16-17,19,24,26,28H,6,8,10-12H2,1-4H3;4-5,8H2,1-3H3;2*1H2/q;;+1;;/t39-,41-,43-,44-,48+,49-,50-,51-,52-;13-,16-,17-,19+,20-,21-,22-,23-;;;/m10.../s1. The molecule has 0 radical (unpaired) electrons. The third kappa shape index (κ3) is 20.4. The topological polar surface area (TPSA) is 324 Å². The maximum absolute atomic E-state index is 13.7. The SMILES string of the molecule is CCCCCCCCCCCCCCCCCOC[C@@H](CO)OC(=O)CCCCCCCC(=O)OCC(=O)[C@]1(O)CC[C@@H]2[C@@]3(C)C[C@@H](C)C4=CC(=O)C=C[C@@]4(C)[C@@H]3[C@H](O)C[C@]21C.C[C@H]1C[C@]2(C)[C@H]([C@@H](O)C[C@@]3(C)[C@H]2CC[C@]3(O)C(=O)CO)[C@@]2(C)C=CC(=O)C=C12.C[N+](C)(C)CCOP.O.O. The molecule has 574 valence electrons. The highest BCUT2D eigenvalue weighted by atomic mass is 31.0. The van der Waals surface area contributed by atoms with Gasteiger partial charge >= 0.3 is 11.9 Å². The fourth-order valence-electron chi connectivity index (χ4n) is 21.2. The molecule has 0 aliphatic heterocycles. The zero-order valence-corrected chi connectivity index (χ0v) is 64.8. The lowest BCUT2D eigenvalue weighted by molar-refractivity contribution is -0.870. The lowest BCUT2D eigenvalue weighted by Crippen LogP contribution is -2.66. The molecular weight excluding hydrogens is 1290 g/mol. The molecule has 10 N–H and O–H groups in total. The van der Waals surface area contributed by atoms with Gasteiger partial charge in [0.15, 0.2) is 24.0 Å². The average molecular weight is 1430 g/mol. The molecule has 18 atom stereocenters. The Morgan fingerprint density at radius 1 is 0.580 bits per heavy atom. The molecule has 8 aliphatic carbocycles. The van der Waals surface area contributed by atoms with E-state index in [4.69, 9.17) is 18.7 Å². The van der Waals surface area contributed by atoms with Crippen LogP contribution >= 0.6 is 9.47 Å². The van der Waals surface area contributed by atoms with Crippen LogP contribution < -0.4 is 0 Å². The van der Waals surface area contributed by atoms with Crippen molar-refractivity contribution < 1.29 is 93.6 Å². The van der Waals surface area contributed by atoms with Crippen LogP contribution in [-0.4, -0.2) is 178 Å². The summed E-state index contributed by atoms with van der Waals surface area (Å²) in [6.07, 6.45) is 36.2. The number of aliphatic hydroxyl groups excluding tert-OH is 4. The van der Waals surface area contributed by atoms with Crippen LogP contribution in [0.5, 0.6) is 0 Å². The molecule has 0 bridgehead atoms. The number of aliphatic hydroxyl groups is 6. The molecule has 0 aromatic heterocycles. The van der Waals surface area contributed by atoms with Gasteiger partial charge in [-0.3, -0.25) is 28.8 Å². The molecule has 0 amide bonds. The Bertz CT molecular complexity index is 2800. The number of unbranched alkanes of at least 4 members (excludes halogenated alkanes) is 18. The van der Waals surface area contributed by atoms with Gasteiger partial charge in [-0.25, -0.2) is 0 Å². The number of ether oxygens (including phenoxy) is 3. The number of ketones is 4. The first-order valence-corrected chi connectivity index (χ1v) is 38.7. The molecule has 8 rings (SSSR count). The number of nitrogens with zero attached hydrogens (tertiary/aromatic N) is 1. The number of hydrogen-bond acceptors (Lipinski definition) is 16. The summed E-state index contributed by atoms with van der Waals surface area (Å²) in [5.41, 5.74) is -4.41. The molecule has 19 nitrogen and oxygen atoms in total. The zero-order valence-electron chi connectivity index (χ0n) is 63.6. The molecule has 20 heteroatoms. The second-order valence-corrected chi connectivity index (χ2v) is 34.2. The Morgan fingerprint density at radius 2 is 0.980 bits per heavy atom. The summed E-state index contributed by atoms with van der Waals surface area (Å²) in [4.78, 5) is 75.7. The van der Waals surface area contributed by atoms with Gasteiger partial charge in [0.05, 0.1) is 53.2 Å². The monoisotopic (exact) mass is 1430 g/mol. The summed E-state index contributed by atoms with van der Waals surface area (Å²) in [7, 11) is 8.68. The van der Waals surface area contributed by atoms with Crippen LogP contribution in [-0.2, 0) is 47.5 Å². The van der Waals surface area contributed by atoms with E-state index in [0.29, 0.717) is 45.1 Å². The minimum Gasteiger partial charge on any atom is -0.458 e. The van der Waals surface area contributed by atoms with Gasteiger partial charge in [-0.05, 0) is 129 Å². The van der Waals surface area contributed by atoms with Gasteiger partial charge in [-0.1, -0.05) is 195 Å². The molecular formula is C80H137NO18P+. The molecule has 0 aromatic carbocycles. The summed E-state index contributed by atoms with van der Waals surface area (Å²) in [6.45, 7) is 20.2. The molecule has 6 saturated carbocycles. The number of rotatable bonds is 36. The van der Waals surface area contributed by atoms with Crippen LogP contribution in [0, 0.1) is 68.0 Å². The fourth-order valence-corrected chi connectivity index (χ4v) is 21.3. The largest absolute Gasteiger partial charge is 0.458 e. The Balaban J connectivity index is 0.000000457. The van der Waals surface area contributed by atoms with E-state index in [0.717, 1.165) is 73.7 Å². The number of fused-ring (bicyclic) bond motifs is 10. The van der Waals surface area contributed by atoms with Crippen LogP contribution in [0.25, 0.3) is 0 Å². The van der Waals surface area contributed by atoms with Crippen LogP contribution in [0.1, 0.15) is 255 Å². The van der Waals surface area contributed by atoms with Gasteiger partial charge in [-0.15, -0.1) is 0 Å². The fraction of sp³-hybridized carbons (Fsp3) is 0.825. The van der Waals surface area contributed by atoms with E-state index < -0.39 is 81.9 Å². The number of hydrogen-bond donors (Lipinski definition) is 6. The minimum absolute atomic E-state index is 0. The molecule has 0 heterocycles. The maximum Gasteiger partial charge on any atom is 0.306 e. The quantitative estimate of drug-likeness (QED) is 0.0147. The lowest BCUT2D eigenvalue weighted by Gasteiger charge is -2.66. The van der Waals surface area contributed by atoms with Gasteiger partial charge in [0.1, 0.15) is 30.5 Å². The van der Waals surface area contributed by atoms with Gasteiger partial charge in [0.2, 0.25) is 5.78 Å². The first-order valence-electron chi connectivity index (χ1n) is 38.2. The smallest absolute Gasteiger partial charge is 0.306 e. The first kappa shape index (κ1) is 89.0. The molecule has 0 saturated heterocycles. The van der Waals surface area contributed by atoms with Gasteiger partial charge in [-0.2, -0.15) is 0 Å². The van der Waals surface area contributed by atoms with Crippen LogP contribution in [0.3, 0.4) is 0 Å². The van der Waals surface area contributed by atoms with Crippen molar-refractivity contribution in [3.05, 3.63) is 47.6 Å². The van der Waals surface area contributed by atoms with Crippen molar-refractivity contribution in [2.24, 2.45) is 68.0 Å². The predicted molar refractivity (Wildman–Crippen MR) is 393 cm³/mol. The molecule has 0 spiro atoms. The van der Waals surface area contributed by atoms with Crippen molar-refractivity contribution >= 4 is 44.5 Å². The summed E-state index contributed by atoms with van der Waals surface area (Å²) < 4.78 is 22.3. The molecule has 1 unspecified atom stereocenters. The lowest BCUT2D eigenvalue weighted by atomic mass is 9.39. The maximum atomic E-state index is 13.7. The second kappa shape index (κ2) is 38.7. The van der Waals surface area contributed by atoms with E-state index in [-0.39, 0.29) is 114 Å². The van der Waals surface area contributed by atoms with E-state index in [1.54, 1.807) is 24.3 Å². The van der Waals surface area contributed by atoms with Crippen LogP contribution in [0.2, 0.25) is 0 Å². The van der Waals surface area contributed by atoms with Crippen molar-refractivity contribution in [1.29, 1.82) is 0 Å². The van der Waals surface area contributed by atoms with E-state index >= 15 is 0 Å². The molecule has 0 aromatic rings. The van der Waals surface area contributed by atoms with Gasteiger partial charge in [0.25, 0.3) is 0 Å². The number of likely N-dealkylation sites (N-methyl/N-ethyl adjacent to an activating group) is 1. The van der Waals surface area contributed by atoms with E-state index in [1.807, 2.05) is 26.0 Å².